The minimum Gasteiger partial charge on any atom is -0.508 e. The summed E-state index contributed by atoms with van der Waals surface area (Å²) >= 11 is 0. The summed E-state index contributed by atoms with van der Waals surface area (Å²) in [6.07, 6.45) is 0. The smallest absolute Gasteiger partial charge is 0.227 e. The van der Waals surface area contributed by atoms with Crippen LogP contribution in [0.4, 0.5) is 4.39 Å². The molecule has 0 saturated carbocycles. The van der Waals surface area contributed by atoms with E-state index in [9.17, 15) is 9.50 Å². The van der Waals surface area contributed by atoms with E-state index in [1.807, 2.05) is 30.3 Å². The van der Waals surface area contributed by atoms with Crippen LogP contribution in [-0.4, -0.2) is 10.1 Å². The number of rotatable bonds is 4. The number of aromatic hydroxyl groups is 1. The molecular weight excluding hydrogens is 321 g/mol. The molecule has 1 N–H and O–H groups in total. The minimum atomic E-state index is -0.487. The zero-order chi connectivity index (χ0) is 17.2. The van der Waals surface area contributed by atoms with Crippen LogP contribution < -0.4 is 4.74 Å². The molecule has 3 aromatic carbocycles. The van der Waals surface area contributed by atoms with Crippen LogP contribution in [0.3, 0.4) is 0 Å². The van der Waals surface area contributed by atoms with E-state index in [4.69, 9.17) is 9.15 Å². The maximum atomic E-state index is 14.3. The number of ether oxygens (including phenoxy) is 1. The molecule has 25 heavy (non-hydrogen) atoms. The highest BCUT2D eigenvalue weighted by atomic mass is 19.1. The Morgan fingerprint density at radius 3 is 2.64 bits per heavy atom. The van der Waals surface area contributed by atoms with Crippen molar-refractivity contribution in [3.63, 3.8) is 0 Å². The van der Waals surface area contributed by atoms with Gasteiger partial charge in [-0.3, -0.25) is 0 Å². The van der Waals surface area contributed by atoms with Crippen molar-refractivity contribution in [2.45, 2.75) is 6.61 Å². The molecule has 0 unspecified atom stereocenters. The number of oxazole rings is 1. The fraction of sp³-hybridized carbons (Fsp3) is 0.0500. The van der Waals surface area contributed by atoms with E-state index in [0.29, 0.717) is 23.3 Å². The van der Waals surface area contributed by atoms with Crippen LogP contribution in [0.5, 0.6) is 11.5 Å². The van der Waals surface area contributed by atoms with Gasteiger partial charge in [-0.2, -0.15) is 0 Å². The highest BCUT2D eigenvalue weighted by Crippen LogP contribution is 2.29. The Morgan fingerprint density at radius 1 is 1.00 bits per heavy atom. The van der Waals surface area contributed by atoms with Crippen molar-refractivity contribution in [3.05, 3.63) is 78.1 Å². The Bertz CT molecular complexity index is 1030. The predicted octanol–water partition coefficient (Wildman–Crippen LogP) is 4.92. The Morgan fingerprint density at radius 2 is 1.84 bits per heavy atom. The van der Waals surface area contributed by atoms with E-state index >= 15 is 0 Å². The molecule has 0 aliphatic carbocycles. The van der Waals surface area contributed by atoms with Crippen molar-refractivity contribution in [2.24, 2.45) is 0 Å². The number of phenols is 1. The lowest BCUT2D eigenvalue weighted by molar-refractivity contribution is 0.290. The summed E-state index contributed by atoms with van der Waals surface area (Å²) in [5.41, 5.74) is 2.50. The number of hydrogen-bond acceptors (Lipinski definition) is 4. The lowest BCUT2D eigenvalue weighted by Gasteiger charge is -2.08. The molecule has 4 aromatic rings. The molecule has 4 nitrogen and oxygen atoms in total. The molecule has 1 aromatic heterocycles. The van der Waals surface area contributed by atoms with Gasteiger partial charge in [-0.15, -0.1) is 0 Å². The van der Waals surface area contributed by atoms with E-state index in [1.54, 1.807) is 18.2 Å². The summed E-state index contributed by atoms with van der Waals surface area (Å²) in [7, 11) is 0. The third-order valence-electron chi connectivity index (χ3n) is 3.79. The monoisotopic (exact) mass is 335 g/mol. The first kappa shape index (κ1) is 15.2. The van der Waals surface area contributed by atoms with Crippen LogP contribution in [0, 0.1) is 5.82 Å². The topological polar surface area (TPSA) is 55.5 Å². The van der Waals surface area contributed by atoms with Gasteiger partial charge in [-0.1, -0.05) is 30.3 Å². The van der Waals surface area contributed by atoms with Crippen molar-refractivity contribution in [3.8, 4) is 23.0 Å². The van der Waals surface area contributed by atoms with Crippen LogP contribution in [0.2, 0.25) is 0 Å². The summed E-state index contributed by atoms with van der Waals surface area (Å²) < 4.78 is 25.4. The van der Waals surface area contributed by atoms with Gasteiger partial charge in [0.15, 0.2) is 17.1 Å². The number of halogens is 1. The molecule has 0 atom stereocenters. The molecule has 5 heteroatoms. The normalized spacial score (nSPS) is 10.9. The highest BCUT2D eigenvalue weighted by Gasteiger charge is 2.12. The fourth-order valence-corrected chi connectivity index (χ4v) is 2.52. The molecular formula is C20H14FNO3. The van der Waals surface area contributed by atoms with Crippen LogP contribution >= 0.6 is 0 Å². The van der Waals surface area contributed by atoms with Gasteiger partial charge in [0.25, 0.3) is 0 Å². The molecule has 1 heterocycles. The largest absolute Gasteiger partial charge is 0.508 e. The zero-order valence-electron chi connectivity index (χ0n) is 13.1. The molecule has 0 radical (unpaired) electrons. The molecule has 124 valence electrons. The van der Waals surface area contributed by atoms with Gasteiger partial charge in [0.2, 0.25) is 5.89 Å². The van der Waals surface area contributed by atoms with Crippen molar-refractivity contribution in [1.82, 2.24) is 4.98 Å². The average molecular weight is 335 g/mol. The summed E-state index contributed by atoms with van der Waals surface area (Å²) in [4.78, 5) is 4.30. The standard InChI is InChI=1S/C20H14FNO3/c21-16-10-14(20-22-17-8-7-15(23)11-19(17)25-20)6-9-18(16)24-12-13-4-2-1-3-5-13/h1-11,23H,12H2. The van der Waals surface area contributed by atoms with E-state index in [2.05, 4.69) is 4.98 Å². The summed E-state index contributed by atoms with van der Waals surface area (Å²) in [6, 6.07) is 18.8. The SMILES string of the molecule is Oc1ccc2nc(-c3ccc(OCc4ccccc4)c(F)c3)oc2c1. The molecule has 0 saturated heterocycles. The summed E-state index contributed by atoms with van der Waals surface area (Å²) in [5.74, 6) is 0.0556. The molecule has 0 spiro atoms. The number of hydrogen-bond donors (Lipinski definition) is 1. The lowest BCUT2D eigenvalue weighted by atomic mass is 10.2. The van der Waals surface area contributed by atoms with E-state index in [-0.39, 0.29) is 17.4 Å². The number of phenolic OH excluding ortho intramolecular Hbond substituents is 1. The molecule has 0 aliphatic heterocycles. The van der Waals surface area contributed by atoms with Gasteiger partial charge in [-0.05, 0) is 35.9 Å². The van der Waals surface area contributed by atoms with Gasteiger partial charge in [-0.25, -0.2) is 9.37 Å². The summed E-state index contributed by atoms with van der Waals surface area (Å²) in [6.45, 7) is 0.291. The minimum absolute atomic E-state index is 0.0889. The van der Waals surface area contributed by atoms with Crippen molar-refractivity contribution in [1.29, 1.82) is 0 Å². The van der Waals surface area contributed by atoms with Gasteiger partial charge in [0.05, 0.1) is 0 Å². The van der Waals surface area contributed by atoms with Crippen molar-refractivity contribution < 1.29 is 18.7 Å². The van der Waals surface area contributed by atoms with Crippen molar-refractivity contribution in [2.75, 3.05) is 0 Å². The van der Waals surface area contributed by atoms with Crippen LogP contribution in [0.15, 0.2) is 71.1 Å². The van der Waals surface area contributed by atoms with E-state index in [0.717, 1.165) is 5.56 Å². The predicted molar refractivity (Wildman–Crippen MR) is 91.8 cm³/mol. The first-order valence-electron chi connectivity index (χ1n) is 7.75. The Hall–Kier alpha value is -3.34. The van der Waals surface area contributed by atoms with Gasteiger partial charge < -0.3 is 14.3 Å². The van der Waals surface area contributed by atoms with Crippen LogP contribution in [0.25, 0.3) is 22.6 Å². The maximum absolute atomic E-state index is 14.3. The van der Waals surface area contributed by atoms with Gasteiger partial charge in [0, 0.05) is 11.6 Å². The van der Waals surface area contributed by atoms with Crippen molar-refractivity contribution >= 4 is 11.1 Å². The quantitative estimate of drug-likeness (QED) is 0.575. The maximum Gasteiger partial charge on any atom is 0.227 e. The van der Waals surface area contributed by atoms with Gasteiger partial charge in [0.1, 0.15) is 17.9 Å². The molecule has 0 aliphatic rings. The van der Waals surface area contributed by atoms with Crippen LogP contribution in [-0.2, 0) is 6.61 Å². The molecule has 0 fully saturated rings. The molecule has 0 bridgehead atoms. The van der Waals surface area contributed by atoms with Crippen LogP contribution in [0.1, 0.15) is 5.56 Å². The second-order valence-corrected chi connectivity index (χ2v) is 5.59. The molecule has 4 rings (SSSR count). The molecule has 0 amide bonds. The number of aromatic nitrogens is 1. The Labute approximate surface area is 143 Å². The number of benzene rings is 3. The van der Waals surface area contributed by atoms with E-state index in [1.165, 1.54) is 18.2 Å². The third-order valence-corrected chi connectivity index (χ3v) is 3.79. The third kappa shape index (κ3) is 3.17. The first-order valence-corrected chi connectivity index (χ1v) is 7.75. The Kier molecular flexibility index (Phi) is 3.82. The van der Waals surface area contributed by atoms with E-state index < -0.39 is 5.82 Å². The Balaban J connectivity index is 1.58. The average Bonchev–Trinajstić information content (AvgIpc) is 3.04. The second kappa shape index (κ2) is 6.28. The fourth-order valence-electron chi connectivity index (χ4n) is 2.52. The number of nitrogens with zero attached hydrogens (tertiary/aromatic N) is 1. The summed E-state index contributed by atoms with van der Waals surface area (Å²) in [5, 5.41) is 9.48. The lowest BCUT2D eigenvalue weighted by Crippen LogP contribution is -1.97. The second-order valence-electron chi connectivity index (χ2n) is 5.59. The number of fused-ring (bicyclic) bond motifs is 1. The first-order chi connectivity index (χ1) is 12.2. The van der Waals surface area contributed by atoms with Gasteiger partial charge >= 0.3 is 0 Å². The zero-order valence-corrected chi connectivity index (χ0v) is 13.1. The highest BCUT2D eigenvalue weighted by molar-refractivity contribution is 5.77.